The van der Waals surface area contributed by atoms with Crippen LogP contribution in [0, 0.1) is 5.92 Å². The topological polar surface area (TPSA) is 90.5 Å². The Hall–Kier alpha value is -2.38. The van der Waals surface area contributed by atoms with Gasteiger partial charge in [-0.05, 0) is 62.9 Å². The zero-order valence-corrected chi connectivity index (χ0v) is 16.8. The van der Waals surface area contributed by atoms with Gasteiger partial charge in [-0.2, -0.15) is 0 Å². The molecule has 3 fully saturated rings. The molecule has 2 aromatic rings. The van der Waals surface area contributed by atoms with E-state index >= 15 is 0 Å². The van der Waals surface area contributed by atoms with Crippen LogP contribution in [0.4, 0.5) is 11.5 Å². The molecular weight excluding hydrogens is 364 g/mol. The van der Waals surface area contributed by atoms with Crippen LogP contribution in [0.1, 0.15) is 25.7 Å². The number of piperazine rings is 1. The van der Waals surface area contributed by atoms with E-state index < -0.39 is 0 Å². The number of phenols is 1. The van der Waals surface area contributed by atoms with Gasteiger partial charge >= 0.3 is 0 Å². The van der Waals surface area contributed by atoms with Crippen molar-refractivity contribution >= 4 is 11.5 Å². The van der Waals surface area contributed by atoms with E-state index in [-0.39, 0.29) is 5.75 Å². The number of anilines is 2. The Morgan fingerprint density at radius 3 is 2.48 bits per heavy atom. The number of aromatic nitrogens is 2. The molecule has 0 amide bonds. The highest BCUT2D eigenvalue weighted by Gasteiger charge is 2.41. The maximum absolute atomic E-state index is 10.2. The van der Waals surface area contributed by atoms with Crippen molar-refractivity contribution in [3.05, 3.63) is 30.3 Å². The first-order valence-corrected chi connectivity index (χ1v) is 10.8. The van der Waals surface area contributed by atoms with Gasteiger partial charge in [0.1, 0.15) is 5.75 Å². The first-order valence-electron chi connectivity index (χ1n) is 10.8. The minimum atomic E-state index is 0.212. The van der Waals surface area contributed by atoms with Gasteiger partial charge < -0.3 is 21.1 Å². The van der Waals surface area contributed by atoms with Gasteiger partial charge in [-0.25, -0.2) is 0 Å². The van der Waals surface area contributed by atoms with Crippen LogP contribution in [0.15, 0.2) is 30.3 Å². The van der Waals surface area contributed by atoms with Crippen molar-refractivity contribution < 1.29 is 5.11 Å². The van der Waals surface area contributed by atoms with E-state index in [9.17, 15) is 5.11 Å². The Morgan fingerprint density at radius 2 is 1.76 bits per heavy atom. The summed E-state index contributed by atoms with van der Waals surface area (Å²) in [7, 11) is 0. The molecule has 0 aliphatic carbocycles. The van der Waals surface area contributed by atoms with E-state index in [0.29, 0.717) is 29.2 Å². The third kappa shape index (κ3) is 3.65. The summed E-state index contributed by atoms with van der Waals surface area (Å²) in [4.78, 5) is 5.15. The first-order chi connectivity index (χ1) is 14.2. The van der Waals surface area contributed by atoms with Crippen LogP contribution in [0.2, 0.25) is 0 Å². The summed E-state index contributed by atoms with van der Waals surface area (Å²) in [6, 6.07) is 10.4. The maximum Gasteiger partial charge on any atom is 0.169 e. The number of nitrogens with two attached hydrogens (primary N) is 1. The molecule has 7 nitrogen and oxygen atoms in total. The predicted octanol–water partition coefficient (Wildman–Crippen LogP) is 2.08. The summed E-state index contributed by atoms with van der Waals surface area (Å²) < 4.78 is 0. The van der Waals surface area contributed by atoms with Gasteiger partial charge in [0.15, 0.2) is 5.82 Å². The lowest BCUT2D eigenvalue weighted by atomic mass is 9.96. The predicted molar refractivity (Wildman–Crippen MR) is 115 cm³/mol. The van der Waals surface area contributed by atoms with E-state index in [0.717, 1.165) is 37.8 Å². The fourth-order valence-electron chi connectivity index (χ4n) is 5.31. The lowest BCUT2D eigenvalue weighted by Crippen LogP contribution is -2.55. The van der Waals surface area contributed by atoms with Crippen LogP contribution in [-0.2, 0) is 0 Å². The number of nitrogens with one attached hydrogen (secondary N) is 1. The molecule has 7 heteroatoms. The summed E-state index contributed by atoms with van der Waals surface area (Å²) in [5.41, 5.74) is 8.53. The van der Waals surface area contributed by atoms with Crippen molar-refractivity contribution in [2.45, 2.75) is 37.8 Å². The molecule has 3 aliphatic rings. The molecule has 4 heterocycles. The van der Waals surface area contributed by atoms with Crippen molar-refractivity contribution in [1.29, 1.82) is 0 Å². The van der Waals surface area contributed by atoms with Crippen LogP contribution in [0.5, 0.6) is 5.75 Å². The monoisotopic (exact) mass is 394 g/mol. The van der Waals surface area contributed by atoms with Gasteiger partial charge in [0.05, 0.1) is 11.4 Å². The molecule has 3 aliphatic heterocycles. The maximum atomic E-state index is 10.2. The molecule has 3 saturated heterocycles. The van der Waals surface area contributed by atoms with Gasteiger partial charge in [-0.3, -0.25) is 4.90 Å². The molecule has 2 unspecified atom stereocenters. The second-order valence-corrected chi connectivity index (χ2v) is 8.70. The first kappa shape index (κ1) is 18.6. The third-order valence-corrected chi connectivity index (χ3v) is 6.88. The summed E-state index contributed by atoms with van der Waals surface area (Å²) >= 11 is 0. The third-order valence-electron chi connectivity index (χ3n) is 6.88. The minimum absolute atomic E-state index is 0.212. The highest BCUT2D eigenvalue weighted by atomic mass is 16.3. The molecule has 1 aromatic heterocycles. The van der Waals surface area contributed by atoms with Crippen LogP contribution >= 0.6 is 0 Å². The molecule has 154 valence electrons. The van der Waals surface area contributed by atoms with Gasteiger partial charge in [-0.1, -0.05) is 12.1 Å². The van der Waals surface area contributed by atoms with Crippen LogP contribution in [-0.4, -0.2) is 65.0 Å². The minimum Gasteiger partial charge on any atom is -0.507 e. The van der Waals surface area contributed by atoms with Crippen molar-refractivity contribution in [1.82, 2.24) is 20.4 Å². The molecule has 5 rings (SSSR count). The molecule has 2 atom stereocenters. The number of nitrogens with zero attached hydrogens (tertiary/aromatic N) is 4. The quantitative estimate of drug-likeness (QED) is 0.731. The molecule has 0 saturated carbocycles. The fourth-order valence-corrected chi connectivity index (χ4v) is 5.31. The van der Waals surface area contributed by atoms with Gasteiger partial charge in [-0.15, -0.1) is 10.2 Å². The van der Waals surface area contributed by atoms with Gasteiger partial charge in [0.25, 0.3) is 0 Å². The number of piperidine rings is 1. The largest absolute Gasteiger partial charge is 0.507 e. The van der Waals surface area contributed by atoms with Crippen LogP contribution in [0.3, 0.4) is 0 Å². The number of benzene rings is 1. The van der Waals surface area contributed by atoms with Gasteiger partial charge in [0.2, 0.25) is 0 Å². The number of para-hydroxylation sites is 1. The Morgan fingerprint density at radius 1 is 1.03 bits per heavy atom. The van der Waals surface area contributed by atoms with Crippen molar-refractivity contribution in [2.24, 2.45) is 5.92 Å². The number of aromatic hydroxyl groups is 1. The Bertz CT molecular complexity index is 854. The average Bonchev–Trinajstić information content (AvgIpc) is 2.97. The molecular formula is C22H30N6O. The average molecular weight is 395 g/mol. The number of nitrogen functional groups attached to an aromatic ring is 1. The number of phenolic OH excluding ortho intramolecular Hbond substituents is 1. The molecule has 4 N–H and O–H groups in total. The van der Waals surface area contributed by atoms with E-state index in [1.165, 1.54) is 32.2 Å². The number of hydrogen-bond acceptors (Lipinski definition) is 7. The zero-order chi connectivity index (χ0) is 19.8. The fraction of sp³-hybridized carbons (Fsp3) is 0.545. The summed E-state index contributed by atoms with van der Waals surface area (Å²) in [6.45, 7) is 5.52. The Balaban J connectivity index is 1.35. The molecule has 2 bridgehead atoms. The summed E-state index contributed by atoms with van der Waals surface area (Å²) in [6.07, 6.45) is 5.11. The molecule has 0 spiro atoms. The summed E-state index contributed by atoms with van der Waals surface area (Å²) in [5, 5.41) is 22.1. The van der Waals surface area contributed by atoms with E-state index in [2.05, 4.69) is 25.3 Å². The number of rotatable bonds is 4. The summed E-state index contributed by atoms with van der Waals surface area (Å²) in [5.74, 6) is 1.51. The highest BCUT2D eigenvalue weighted by molar-refractivity contribution is 5.74. The van der Waals surface area contributed by atoms with E-state index in [4.69, 9.17) is 5.73 Å². The second-order valence-electron chi connectivity index (χ2n) is 8.70. The SMILES string of the molecule is Nc1nnc(-c2ccccc2O)cc1N1CC2CCC(C1)N2CC1CCNCC1. The molecule has 29 heavy (non-hydrogen) atoms. The molecule has 1 aromatic carbocycles. The standard InChI is InChI=1S/C22H30N6O/c23-22-20(11-19(25-26-22)18-3-1-2-4-21(18)29)27-13-16-5-6-17(14-27)28(16)12-15-7-9-24-10-8-15/h1-4,11,15-17,24,29H,5-10,12-14H2,(H2,23,26). The zero-order valence-electron chi connectivity index (χ0n) is 16.8. The van der Waals surface area contributed by atoms with Gasteiger partial charge in [0, 0.05) is 37.3 Å². The second kappa shape index (κ2) is 7.80. The normalized spacial score (nSPS) is 25.4. The smallest absolute Gasteiger partial charge is 0.169 e. The van der Waals surface area contributed by atoms with Crippen molar-refractivity contribution in [3.8, 4) is 17.0 Å². The Labute approximate surface area is 171 Å². The van der Waals surface area contributed by atoms with E-state index in [1.54, 1.807) is 6.07 Å². The van der Waals surface area contributed by atoms with Crippen molar-refractivity contribution in [3.63, 3.8) is 0 Å². The van der Waals surface area contributed by atoms with Crippen molar-refractivity contribution in [2.75, 3.05) is 43.4 Å². The number of fused-ring (bicyclic) bond motifs is 2. The lowest BCUT2D eigenvalue weighted by Gasteiger charge is -2.44. The highest BCUT2D eigenvalue weighted by Crippen LogP contribution is 2.37. The Kier molecular flexibility index (Phi) is 5.01. The number of hydrogen-bond donors (Lipinski definition) is 3. The van der Waals surface area contributed by atoms with Crippen LogP contribution in [0.25, 0.3) is 11.3 Å². The lowest BCUT2D eigenvalue weighted by molar-refractivity contribution is 0.131. The van der Waals surface area contributed by atoms with E-state index in [1.807, 2.05) is 24.3 Å². The molecule has 0 radical (unpaired) electrons. The van der Waals surface area contributed by atoms with Crippen LogP contribution < -0.4 is 16.0 Å².